The van der Waals surface area contributed by atoms with Crippen LogP contribution in [0.2, 0.25) is 0 Å². The predicted molar refractivity (Wildman–Crippen MR) is 55.4 cm³/mol. The first-order valence-corrected chi connectivity index (χ1v) is 5.88. The third-order valence-corrected chi connectivity index (χ3v) is 3.90. The van der Waals surface area contributed by atoms with Gasteiger partial charge in [-0.05, 0) is 18.8 Å². The highest BCUT2D eigenvalue weighted by Crippen LogP contribution is 2.37. The molecule has 1 heterocycles. The molecule has 0 aromatic rings. The summed E-state index contributed by atoms with van der Waals surface area (Å²) in [5, 5.41) is 19.1. The molecule has 82 valence electrons. The third-order valence-electron chi connectivity index (χ3n) is 3.54. The smallest absolute Gasteiger partial charge is 0.0802 e. The summed E-state index contributed by atoms with van der Waals surface area (Å²) >= 11 is 5.55. The highest BCUT2D eigenvalue weighted by Gasteiger charge is 2.41. The van der Waals surface area contributed by atoms with Crippen LogP contribution in [0.5, 0.6) is 0 Å². The number of alkyl halides is 1. The maximum atomic E-state index is 9.69. The summed E-state index contributed by atoms with van der Waals surface area (Å²) in [6, 6.07) is 0. The highest BCUT2D eigenvalue weighted by atomic mass is 35.5. The van der Waals surface area contributed by atoms with Gasteiger partial charge in [-0.15, -0.1) is 11.6 Å². The lowest BCUT2D eigenvalue weighted by Crippen LogP contribution is -2.33. The topological polar surface area (TPSA) is 43.7 Å². The molecule has 1 aliphatic carbocycles. The summed E-state index contributed by atoms with van der Waals surface area (Å²) in [7, 11) is 0. The number of fused-ring (bicyclic) bond motifs is 1. The Morgan fingerprint density at radius 3 is 2.79 bits per heavy atom. The Bertz CT molecular complexity index is 203. The molecule has 0 aromatic carbocycles. The average molecular weight is 220 g/mol. The number of hydrogen-bond donors (Lipinski definition) is 2. The van der Waals surface area contributed by atoms with Crippen LogP contribution in [0.1, 0.15) is 12.8 Å². The van der Waals surface area contributed by atoms with Crippen molar-refractivity contribution in [1.82, 2.24) is 4.90 Å². The lowest BCUT2D eigenvalue weighted by atomic mass is 10.00. The Morgan fingerprint density at radius 1 is 1.36 bits per heavy atom. The molecule has 4 atom stereocenters. The fourth-order valence-electron chi connectivity index (χ4n) is 2.82. The van der Waals surface area contributed by atoms with E-state index in [1.54, 1.807) is 0 Å². The number of halogens is 1. The fraction of sp³-hybridized carbons (Fsp3) is 1.00. The lowest BCUT2D eigenvalue weighted by Gasteiger charge is -2.20. The van der Waals surface area contributed by atoms with Crippen LogP contribution in [0.4, 0.5) is 0 Å². The first kappa shape index (κ1) is 10.7. The summed E-state index contributed by atoms with van der Waals surface area (Å²) in [5.74, 6) is 1.39. The van der Waals surface area contributed by atoms with Gasteiger partial charge in [-0.1, -0.05) is 0 Å². The number of aliphatic hydroxyl groups excluding tert-OH is 2. The van der Waals surface area contributed by atoms with Gasteiger partial charge in [-0.2, -0.15) is 0 Å². The van der Waals surface area contributed by atoms with Crippen LogP contribution in [0, 0.1) is 11.8 Å². The van der Waals surface area contributed by atoms with E-state index in [4.69, 9.17) is 11.6 Å². The summed E-state index contributed by atoms with van der Waals surface area (Å²) in [4.78, 5) is 2.23. The van der Waals surface area contributed by atoms with Gasteiger partial charge in [0, 0.05) is 31.4 Å². The minimum absolute atomic E-state index is 0.113. The lowest BCUT2D eigenvalue weighted by molar-refractivity contribution is 0.108. The Labute approximate surface area is 89.7 Å². The Hall–Kier alpha value is 0.170. The highest BCUT2D eigenvalue weighted by molar-refractivity contribution is 6.18. The van der Waals surface area contributed by atoms with Crippen molar-refractivity contribution in [2.75, 3.05) is 25.5 Å². The zero-order chi connectivity index (χ0) is 10.1. The van der Waals surface area contributed by atoms with Crippen LogP contribution in [0.3, 0.4) is 0 Å². The Morgan fingerprint density at radius 2 is 2.14 bits per heavy atom. The molecule has 1 saturated heterocycles. The van der Waals surface area contributed by atoms with Gasteiger partial charge in [-0.25, -0.2) is 0 Å². The molecule has 2 aliphatic rings. The van der Waals surface area contributed by atoms with Crippen LogP contribution < -0.4 is 0 Å². The van der Waals surface area contributed by atoms with Crippen LogP contribution in [-0.4, -0.2) is 52.8 Å². The van der Waals surface area contributed by atoms with Crippen molar-refractivity contribution >= 4 is 11.6 Å². The maximum Gasteiger partial charge on any atom is 0.0802 e. The Kier molecular flexibility index (Phi) is 3.32. The van der Waals surface area contributed by atoms with Gasteiger partial charge in [0.2, 0.25) is 0 Å². The van der Waals surface area contributed by atoms with Crippen LogP contribution in [0.15, 0.2) is 0 Å². The molecule has 0 aromatic heterocycles. The molecule has 2 N–H and O–H groups in total. The molecule has 2 fully saturated rings. The number of β-amino-alcohol motifs (C(OH)–C–C–N with tert-alkyl or cyclic N) is 1. The Balaban J connectivity index is 1.83. The molecule has 1 aliphatic heterocycles. The molecule has 4 heteroatoms. The molecule has 0 bridgehead atoms. The molecular weight excluding hydrogens is 202 g/mol. The second-order valence-electron chi connectivity index (χ2n) is 4.60. The fourth-order valence-corrected chi connectivity index (χ4v) is 2.92. The van der Waals surface area contributed by atoms with Gasteiger partial charge >= 0.3 is 0 Å². The van der Waals surface area contributed by atoms with E-state index in [-0.39, 0.29) is 6.10 Å². The molecule has 0 spiro atoms. The summed E-state index contributed by atoms with van der Waals surface area (Å²) in [6.07, 6.45) is 1.56. The summed E-state index contributed by atoms with van der Waals surface area (Å²) < 4.78 is 0. The summed E-state index contributed by atoms with van der Waals surface area (Å²) in [6.45, 7) is 2.61. The van der Waals surface area contributed by atoms with E-state index < -0.39 is 6.10 Å². The van der Waals surface area contributed by atoms with E-state index >= 15 is 0 Å². The first-order chi connectivity index (χ1) is 6.70. The molecule has 14 heavy (non-hydrogen) atoms. The van der Waals surface area contributed by atoms with Crippen molar-refractivity contribution < 1.29 is 10.2 Å². The zero-order valence-electron chi connectivity index (χ0n) is 8.27. The maximum absolute atomic E-state index is 9.69. The molecule has 3 nitrogen and oxygen atoms in total. The quantitative estimate of drug-likeness (QED) is 0.671. The predicted octanol–water partition coefficient (Wildman–Crippen LogP) is 0.289. The van der Waals surface area contributed by atoms with Crippen LogP contribution in [-0.2, 0) is 0 Å². The van der Waals surface area contributed by atoms with E-state index in [1.165, 1.54) is 0 Å². The second kappa shape index (κ2) is 4.35. The molecule has 0 amide bonds. The van der Waals surface area contributed by atoms with E-state index in [0.29, 0.717) is 24.3 Å². The largest absolute Gasteiger partial charge is 0.393 e. The van der Waals surface area contributed by atoms with Gasteiger partial charge in [0.25, 0.3) is 0 Å². The van der Waals surface area contributed by atoms with E-state index in [9.17, 15) is 10.2 Å². The van der Waals surface area contributed by atoms with Crippen molar-refractivity contribution in [1.29, 1.82) is 0 Å². The number of aliphatic hydroxyl groups is 2. The average Bonchev–Trinajstić information content (AvgIpc) is 2.69. The first-order valence-electron chi connectivity index (χ1n) is 5.35. The minimum atomic E-state index is -0.423. The van der Waals surface area contributed by atoms with Crippen molar-refractivity contribution in [2.45, 2.75) is 25.0 Å². The molecule has 4 unspecified atom stereocenters. The monoisotopic (exact) mass is 219 g/mol. The van der Waals surface area contributed by atoms with Crippen molar-refractivity contribution in [2.24, 2.45) is 11.8 Å². The molecule has 2 rings (SSSR count). The number of nitrogens with zero attached hydrogens (tertiary/aromatic N) is 1. The number of likely N-dealkylation sites (tertiary alicyclic amines) is 1. The van der Waals surface area contributed by atoms with Gasteiger partial charge < -0.3 is 15.1 Å². The standard InChI is InChI=1S/C10H18ClNO2/c11-3-8(13)5-12-4-7-1-2-10(14)9(7)6-12/h7-10,13-14H,1-6H2. The summed E-state index contributed by atoms with van der Waals surface area (Å²) in [5.41, 5.74) is 0. The second-order valence-corrected chi connectivity index (χ2v) is 4.90. The van der Waals surface area contributed by atoms with Crippen LogP contribution in [0.25, 0.3) is 0 Å². The van der Waals surface area contributed by atoms with Gasteiger partial charge in [-0.3, -0.25) is 0 Å². The number of rotatable bonds is 3. The van der Waals surface area contributed by atoms with Crippen molar-refractivity contribution in [3.05, 3.63) is 0 Å². The zero-order valence-corrected chi connectivity index (χ0v) is 9.03. The number of hydrogen-bond acceptors (Lipinski definition) is 3. The molecule has 0 radical (unpaired) electrons. The molecular formula is C10H18ClNO2. The van der Waals surface area contributed by atoms with E-state index in [0.717, 1.165) is 25.9 Å². The van der Waals surface area contributed by atoms with Gasteiger partial charge in [0.1, 0.15) is 0 Å². The van der Waals surface area contributed by atoms with Crippen molar-refractivity contribution in [3.8, 4) is 0 Å². The SMILES string of the molecule is OC(CCl)CN1CC2CCC(O)C2C1. The van der Waals surface area contributed by atoms with E-state index in [2.05, 4.69) is 4.90 Å². The third kappa shape index (κ3) is 2.06. The van der Waals surface area contributed by atoms with Gasteiger partial charge in [0.15, 0.2) is 0 Å². The molecule has 1 saturated carbocycles. The van der Waals surface area contributed by atoms with Crippen molar-refractivity contribution in [3.63, 3.8) is 0 Å². The minimum Gasteiger partial charge on any atom is -0.393 e. The van der Waals surface area contributed by atoms with Crippen LogP contribution >= 0.6 is 11.6 Å². The van der Waals surface area contributed by atoms with E-state index in [1.807, 2.05) is 0 Å². The normalized spacial score (nSPS) is 40.1. The van der Waals surface area contributed by atoms with Gasteiger partial charge in [0.05, 0.1) is 12.2 Å².